The Morgan fingerprint density at radius 2 is 1.41 bits per heavy atom. The third kappa shape index (κ3) is 5.31. The third-order valence-corrected chi connectivity index (χ3v) is 7.11. The van der Waals surface area contributed by atoms with E-state index in [4.69, 9.17) is 4.74 Å². The zero-order chi connectivity index (χ0) is 19.2. The van der Waals surface area contributed by atoms with Crippen molar-refractivity contribution in [2.75, 3.05) is 6.61 Å². The average Bonchev–Trinajstić information content (AvgIpc) is 2.68. The highest BCUT2D eigenvalue weighted by Crippen LogP contribution is 2.44. The van der Waals surface area contributed by atoms with Crippen LogP contribution < -0.4 is 0 Å². The summed E-state index contributed by atoms with van der Waals surface area (Å²) in [6.45, 7) is 4.61. The Morgan fingerprint density at radius 1 is 0.852 bits per heavy atom. The Bertz CT molecular complexity index is 561. The van der Waals surface area contributed by atoms with E-state index >= 15 is 0 Å². The van der Waals surface area contributed by atoms with Crippen molar-refractivity contribution >= 4 is 0 Å². The Hall–Kier alpha value is -0.960. The largest absolute Gasteiger partial charge is 0.377 e. The molecule has 1 aromatic rings. The molecule has 0 N–H and O–H groups in total. The van der Waals surface area contributed by atoms with Crippen molar-refractivity contribution < 1.29 is 13.5 Å². The maximum absolute atomic E-state index is 14.3. The molecule has 2 aliphatic carbocycles. The van der Waals surface area contributed by atoms with Crippen LogP contribution in [0, 0.1) is 29.4 Å². The maximum Gasteiger partial charge on any atom is 0.131 e. The van der Waals surface area contributed by atoms with Crippen LogP contribution in [-0.4, -0.2) is 6.61 Å². The summed E-state index contributed by atoms with van der Waals surface area (Å²) in [7, 11) is 0. The number of hydrogen-bond acceptors (Lipinski definition) is 1. The van der Waals surface area contributed by atoms with Gasteiger partial charge >= 0.3 is 0 Å². The predicted molar refractivity (Wildman–Crippen MR) is 107 cm³/mol. The lowest BCUT2D eigenvalue weighted by Gasteiger charge is -2.38. The van der Waals surface area contributed by atoms with E-state index in [1.165, 1.54) is 51.4 Å². The molecule has 0 radical (unpaired) electrons. The van der Waals surface area contributed by atoms with Crippen molar-refractivity contribution in [3.05, 3.63) is 34.9 Å². The van der Waals surface area contributed by atoms with Gasteiger partial charge < -0.3 is 4.74 Å². The first kappa shape index (κ1) is 20.8. The molecule has 0 saturated heterocycles. The van der Waals surface area contributed by atoms with Crippen molar-refractivity contribution in [2.24, 2.45) is 17.8 Å². The quantitative estimate of drug-likeness (QED) is 0.481. The number of hydrogen-bond donors (Lipinski definition) is 0. The van der Waals surface area contributed by atoms with E-state index in [2.05, 4.69) is 6.92 Å². The van der Waals surface area contributed by atoms with Gasteiger partial charge in [0.1, 0.15) is 11.6 Å². The molecule has 2 aliphatic rings. The van der Waals surface area contributed by atoms with Gasteiger partial charge in [-0.15, -0.1) is 0 Å². The van der Waals surface area contributed by atoms with Gasteiger partial charge in [-0.1, -0.05) is 32.6 Å². The summed E-state index contributed by atoms with van der Waals surface area (Å²) < 4.78 is 33.9. The predicted octanol–water partition coefficient (Wildman–Crippen LogP) is 7.38. The first-order valence-electron chi connectivity index (χ1n) is 11.2. The molecule has 2 saturated carbocycles. The molecule has 0 bridgehead atoms. The van der Waals surface area contributed by atoms with Crippen LogP contribution in [0.1, 0.15) is 95.1 Å². The first-order chi connectivity index (χ1) is 13.1. The maximum atomic E-state index is 14.3. The molecule has 3 rings (SSSR count). The average molecular weight is 379 g/mol. The van der Waals surface area contributed by atoms with Gasteiger partial charge in [0.15, 0.2) is 0 Å². The molecule has 0 spiro atoms. The van der Waals surface area contributed by atoms with Gasteiger partial charge in [-0.2, -0.15) is 0 Å². The summed E-state index contributed by atoms with van der Waals surface area (Å²) >= 11 is 0. The molecule has 0 amide bonds. The minimum Gasteiger partial charge on any atom is -0.377 e. The molecule has 1 aromatic carbocycles. The fraction of sp³-hybridized carbons (Fsp3) is 0.750. The fourth-order valence-electron chi connectivity index (χ4n) is 5.48. The second-order valence-corrected chi connectivity index (χ2v) is 8.78. The van der Waals surface area contributed by atoms with Crippen molar-refractivity contribution in [3.8, 4) is 0 Å². The van der Waals surface area contributed by atoms with Crippen molar-refractivity contribution in [1.82, 2.24) is 0 Å². The van der Waals surface area contributed by atoms with Gasteiger partial charge in [-0.3, -0.25) is 0 Å². The smallest absolute Gasteiger partial charge is 0.131 e. The van der Waals surface area contributed by atoms with Gasteiger partial charge in [-0.25, -0.2) is 8.78 Å². The van der Waals surface area contributed by atoms with E-state index in [0.717, 1.165) is 36.2 Å². The SMILES string of the molecule is CCC[C@H]1CC[C@H](C2CCC(c3cc(F)c(COCC)c(F)c3)CC2)CC1. The molecule has 0 atom stereocenters. The second-order valence-electron chi connectivity index (χ2n) is 8.78. The molecule has 27 heavy (non-hydrogen) atoms. The van der Waals surface area contributed by atoms with Gasteiger partial charge in [0.2, 0.25) is 0 Å². The van der Waals surface area contributed by atoms with Crippen LogP contribution >= 0.6 is 0 Å². The van der Waals surface area contributed by atoms with Crippen LogP contribution in [0.25, 0.3) is 0 Å². The molecular weight excluding hydrogens is 342 g/mol. The van der Waals surface area contributed by atoms with Gasteiger partial charge in [0.25, 0.3) is 0 Å². The zero-order valence-corrected chi connectivity index (χ0v) is 17.1. The number of benzene rings is 1. The minimum absolute atomic E-state index is 0.0158. The van der Waals surface area contributed by atoms with E-state index < -0.39 is 11.6 Å². The van der Waals surface area contributed by atoms with E-state index in [9.17, 15) is 8.78 Å². The van der Waals surface area contributed by atoms with Gasteiger partial charge in [0, 0.05) is 12.2 Å². The lowest BCUT2D eigenvalue weighted by Crippen LogP contribution is -2.25. The Kier molecular flexibility index (Phi) is 7.69. The zero-order valence-electron chi connectivity index (χ0n) is 17.1. The van der Waals surface area contributed by atoms with Crippen LogP contribution in [0.3, 0.4) is 0 Å². The molecule has 3 heteroatoms. The highest BCUT2D eigenvalue weighted by molar-refractivity contribution is 5.28. The monoisotopic (exact) mass is 378 g/mol. The Labute approximate surface area is 163 Å². The van der Waals surface area contributed by atoms with Crippen LogP contribution in [-0.2, 0) is 11.3 Å². The van der Waals surface area contributed by atoms with Crippen molar-refractivity contribution in [2.45, 2.75) is 90.6 Å². The van der Waals surface area contributed by atoms with Crippen LogP contribution in [0.15, 0.2) is 12.1 Å². The summed E-state index contributed by atoms with van der Waals surface area (Å²) in [6, 6.07) is 3.11. The van der Waals surface area contributed by atoms with Crippen molar-refractivity contribution in [3.63, 3.8) is 0 Å². The molecule has 152 valence electrons. The summed E-state index contributed by atoms with van der Waals surface area (Å²) in [4.78, 5) is 0. The Morgan fingerprint density at radius 3 is 1.93 bits per heavy atom. The summed E-state index contributed by atoms with van der Waals surface area (Å²) in [6.07, 6.45) is 12.9. The van der Waals surface area contributed by atoms with Crippen LogP contribution in [0.4, 0.5) is 8.78 Å². The molecule has 0 aliphatic heterocycles. The summed E-state index contributed by atoms with van der Waals surface area (Å²) in [5.74, 6) is 2.09. The summed E-state index contributed by atoms with van der Waals surface area (Å²) in [5.41, 5.74) is 0.911. The molecular formula is C24H36F2O. The van der Waals surface area contributed by atoms with Crippen molar-refractivity contribution in [1.29, 1.82) is 0 Å². The summed E-state index contributed by atoms with van der Waals surface area (Å²) in [5, 5.41) is 0. The number of ether oxygens (including phenoxy) is 1. The standard InChI is InChI=1S/C24H36F2O/c1-3-5-17-6-8-18(9-7-17)19-10-12-20(13-11-19)21-14-23(25)22(16-27-4-2)24(26)15-21/h14-15,17-20H,3-13,16H2,1-2H3/t17-,18-,19?,20?. The van der Waals surface area contributed by atoms with E-state index in [1.807, 2.05) is 6.92 Å². The van der Waals surface area contributed by atoms with Gasteiger partial charge in [-0.05, 0) is 86.8 Å². The normalized spacial score (nSPS) is 29.0. The molecule has 2 fully saturated rings. The van der Waals surface area contributed by atoms with Gasteiger partial charge in [0.05, 0.1) is 6.61 Å². The third-order valence-electron chi connectivity index (χ3n) is 7.11. The first-order valence-corrected chi connectivity index (χ1v) is 11.2. The molecule has 0 aromatic heterocycles. The molecule has 0 heterocycles. The number of rotatable bonds is 7. The molecule has 1 nitrogen and oxygen atoms in total. The molecule has 0 unspecified atom stereocenters. The topological polar surface area (TPSA) is 9.23 Å². The van der Waals surface area contributed by atoms with E-state index in [0.29, 0.717) is 12.5 Å². The lowest BCUT2D eigenvalue weighted by molar-refractivity contribution is 0.128. The highest BCUT2D eigenvalue weighted by atomic mass is 19.1. The van der Waals surface area contributed by atoms with Crippen LogP contribution in [0.2, 0.25) is 0 Å². The highest BCUT2D eigenvalue weighted by Gasteiger charge is 2.31. The Balaban J connectivity index is 1.53. The van der Waals surface area contributed by atoms with Crippen LogP contribution in [0.5, 0.6) is 0 Å². The van der Waals surface area contributed by atoms with E-state index in [1.54, 1.807) is 12.1 Å². The van der Waals surface area contributed by atoms with E-state index in [-0.39, 0.29) is 12.2 Å². The fourth-order valence-corrected chi connectivity index (χ4v) is 5.48. The minimum atomic E-state index is -0.449. The lowest BCUT2D eigenvalue weighted by atomic mass is 9.68. The number of halogens is 2. The second kappa shape index (κ2) is 10.0.